The van der Waals surface area contributed by atoms with E-state index in [1.54, 1.807) is 0 Å². The Bertz CT molecular complexity index is 318. The average molecular weight is 299 g/mol. The third-order valence-corrected chi connectivity index (χ3v) is 4.67. The zero-order chi connectivity index (χ0) is 13.4. The minimum atomic E-state index is -3.17. The lowest BCUT2D eigenvalue weighted by Crippen LogP contribution is -2.46. The average Bonchev–Trinajstić information content (AvgIpc) is 2.29. The van der Waals surface area contributed by atoms with Gasteiger partial charge in [0.2, 0.25) is 10.0 Å². The van der Waals surface area contributed by atoms with E-state index in [1.807, 2.05) is 6.92 Å². The summed E-state index contributed by atoms with van der Waals surface area (Å²) in [4.78, 5) is 2.22. The maximum absolute atomic E-state index is 11.8. The van der Waals surface area contributed by atoms with Crippen LogP contribution in [0.3, 0.4) is 0 Å². The number of ether oxygens (including phenoxy) is 1. The number of nitrogens with zero attached hydrogens (tertiary/aromatic N) is 1. The highest BCUT2D eigenvalue weighted by molar-refractivity contribution is 7.89. The second-order valence-corrected chi connectivity index (χ2v) is 6.90. The Morgan fingerprint density at radius 2 is 2.00 bits per heavy atom. The minimum absolute atomic E-state index is 0.0656. The highest BCUT2D eigenvalue weighted by Gasteiger charge is 2.18. The summed E-state index contributed by atoms with van der Waals surface area (Å²) < 4.78 is 31.5. The van der Waals surface area contributed by atoms with Crippen LogP contribution in [0.25, 0.3) is 0 Å². The maximum Gasteiger partial charge on any atom is 0.211 e. The highest BCUT2D eigenvalue weighted by Crippen LogP contribution is 2.01. The summed E-state index contributed by atoms with van der Waals surface area (Å²) in [6.07, 6.45) is 1.35. The Morgan fingerprint density at radius 1 is 1.33 bits per heavy atom. The number of nitrogens with one attached hydrogen (secondary N) is 1. The van der Waals surface area contributed by atoms with Crippen molar-refractivity contribution in [2.45, 2.75) is 25.8 Å². The van der Waals surface area contributed by atoms with Crippen molar-refractivity contribution in [3.05, 3.63) is 0 Å². The molecule has 7 heteroatoms. The third kappa shape index (κ3) is 6.89. The molecule has 1 rings (SSSR count). The molecular weight excluding hydrogens is 276 g/mol. The summed E-state index contributed by atoms with van der Waals surface area (Å²) in [6, 6.07) is -0.0656. The first kappa shape index (κ1) is 16.2. The van der Waals surface area contributed by atoms with Crippen molar-refractivity contribution in [3.8, 4) is 0 Å². The number of alkyl halides is 1. The van der Waals surface area contributed by atoms with E-state index in [-0.39, 0.29) is 11.8 Å². The summed E-state index contributed by atoms with van der Waals surface area (Å²) in [5.74, 6) is 0.673. The van der Waals surface area contributed by atoms with E-state index in [2.05, 4.69) is 9.62 Å². The predicted octanol–water partition coefficient (Wildman–Crippen LogP) is 0.646. The molecule has 0 amide bonds. The molecule has 1 saturated heterocycles. The van der Waals surface area contributed by atoms with Crippen molar-refractivity contribution in [2.75, 3.05) is 44.5 Å². The smallest absolute Gasteiger partial charge is 0.211 e. The van der Waals surface area contributed by atoms with Gasteiger partial charge in [0.25, 0.3) is 0 Å². The first-order valence-corrected chi connectivity index (χ1v) is 8.58. The largest absolute Gasteiger partial charge is 0.379 e. The van der Waals surface area contributed by atoms with Crippen molar-refractivity contribution in [1.29, 1.82) is 0 Å². The molecule has 1 aliphatic heterocycles. The van der Waals surface area contributed by atoms with Crippen molar-refractivity contribution >= 4 is 21.6 Å². The molecule has 1 N–H and O–H groups in total. The van der Waals surface area contributed by atoms with E-state index >= 15 is 0 Å². The van der Waals surface area contributed by atoms with Crippen LogP contribution in [0.2, 0.25) is 0 Å². The van der Waals surface area contributed by atoms with Gasteiger partial charge in [0.1, 0.15) is 0 Å². The third-order valence-electron chi connectivity index (χ3n) is 2.81. The van der Waals surface area contributed by atoms with Gasteiger partial charge in [0, 0.05) is 31.6 Å². The molecule has 1 heterocycles. The van der Waals surface area contributed by atoms with Crippen LogP contribution in [-0.4, -0.2) is 63.8 Å². The van der Waals surface area contributed by atoms with E-state index in [1.165, 1.54) is 0 Å². The molecule has 1 unspecified atom stereocenters. The van der Waals surface area contributed by atoms with Crippen molar-refractivity contribution in [1.82, 2.24) is 9.62 Å². The van der Waals surface area contributed by atoms with Crippen LogP contribution >= 0.6 is 11.6 Å². The molecule has 0 aromatic heterocycles. The first-order chi connectivity index (χ1) is 8.53. The molecule has 0 saturated carbocycles. The normalized spacial score (nSPS) is 19.9. The first-order valence-electron chi connectivity index (χ1n) is 6.39. The Balaban J connectivity index is 2.26. The quantitative estimate of drug-likeness (QED) is 0.528. The van der Waals surface area contributed by atoms with Crippen LogP contribution in [0.4, 0.5) is 0 Å². The van der Waals surface area contributed by atoms with Gasteiger partial charge in [-0.3, -0.25) is 4.90 Å². The Morgan fingerprint density at radius 3 is 2.61 bits per heavy atom. The highest BCUT2D eigenvalue weighted by atomic mass is 35.5. The topological polar surface area (TPSA) is 58.6 Å². The van der Waals surface area contributed by atoms with Gasteiger partial charge >= 0.3 is 0 Å². The SMILES string of the molecule is CC(CN1CCOCC1)NS(=O)(=O)CCCCCl. The number of rotatable bonds is 8. The lowest BCUT2D eigenvalue weighted by Gasteiger charge is -2.29. The Kier molecular flexibility index (Phi) is 7.48. The predicted molar refractivity (Wildman–Crippen MR) is 73.6 cm³/mol. The second-order valence-electron chi connectivity index (χ2n) is 4.65. The van der Waals surface area contributed by atoms with Gasteiger partial charge in [-0.05, 0) is 19.8 Å². The molecule has 0 bridgehead atoms. The monoisotopic (exact) mass is 298 g/mol. The minimum Gasteiger partial charge on any atom is -0.379 e. The zero-order valence-electron chi connectivity index (χ0n) is 10.9. The second kappa shape index (κ2) is 8.32. The van der Waals surface area contributed by atoms with Gasteiger partial charge in [0.15, 0.2) is 0 Å². The lowest BCUT2D eigenvalue weighted by atomic mass is 10.3. The van der Waals surface area contributed by atoms with Gasteiger partial charge in [-0.2, -0.15) is 0 Å². The molecule has 0 radical (unpaired) electrons. The Labute approximate surface area is 115 Å². The number of halogens is 1. The van der Waals surface area contributed by atoms with Crippen LogP contribution in [0.1, 0.15) is 19.8 Å². The molecule has 0 spiro atoms. The molecule has 108 valence electrons. The van der Waals surface area contributed by atoms with Crippen LogP contribution in [-0.2, 0) is 14.8 Å². The number of hydrogen-bond acceptors (Lipinski definition) is 4. The van der Waals surface area contributed by atoms with E-state index < -0.39 is 10.0 Å². The lowest BCUT2D eigenvalue weighted by molar-refractivity contribution is 0.0354. The zero-order valence-corrected chi connectivity index (χ0v) is 12.5. The molecule has 1 aliphatic rings. The fourth-order valence-corrected chi connectivity index (χ4v) is 3.54. The van der Waals surface area contributed by atoms with Gasteiger partial charge in [-0.1, -0.05) is 0 Å². The molecular formula is C11H23ClN2O3S. The van der Waals surface area contributed by atoms with Gasteiger partial charge in [-0.15, -0.1) is 11.6 Å². The van der Waals surface area contributed by atoms with E-state index in [0.717, 1.165) is 39.3 Å². The summed E-state index contributed by atoms with van der Waals surface area (Å²) in [6.45, 7) is 5.84. The summed E-state index contributed by atoms with van der Waals surface area (Å²) in [5, 5.41) is 0. The molecule has 1 fully saturated rings. The molecule has 0 aliphatic carbocycles. The molecule has 0 aromatic carbocycles. The Hall–Kier alpha value is 0.120. The van der Waals surface area contributed by atoms with Crippen molar-refractivity contribution in [3.63, 3.8) is 0 Å². The summed E-state index contributed by atoms with van der Waals surface area (Å²) >= 11 is 5.53. The fraction of sp³-hybridized carbons (Fsp3) is 1.00. The van der Waals surface area contributed by atoms with E-state index in [9.17, 15) is 8.42 Å². The van der Waals surface area contributed by atoms with Crippen molar-refractivity contribution in [2.24, 2.45) is 0 Å². The van der Waals surface area contributed by atoms with Crippen LogP contribution in [0.5, 0.6) is 0 Å². The van der Waals surface area contributed by atoms with Gasteiger partial charge in [-0.25, -0.2) is 13.1 Å². The molecule has 0 aromatic rings. The number of morpholine rings is 1. The molecule has 1 atom stereocenters. The van der Waals surface area contributed by atoms with Crippen LogP contribution < -0.4 is 4.72 Å². The maximum atomic E-state index is 11.8. The standard InChI is InChI=1S/C11H23ClN2O3S/c1-11(10-14-5-7-17-8-6-14)13-18(15,16)9-3-2-4-12/h11,13H,2-10H2,1H3. The fourth-order valence-electron chi connectivity index (χ4n) is 1.96. The van der Waals surface area contributed by atoms with E-state index in [4.69, 9.17) is 16.3 Å². The van der Waals surface area contributed by atoms with Crippen molar-refractivity contribution < 1.29 is 13.2 Å². The number of hydrogen-bond donors (Lipinski definition) is 1. The number of unbranched alkanes of at least 4 members (excludes halogenated alkanes) is 1. The van der Waals surface area contributed by atoms with Gasteiger partial charge in [0.05, 0.1) is 19.0 Å². The molecule has 5 nitrogen and oxygen atoms in total. The van der Waals surface area contributed by atoms with Crippen LogP contribution in [0, 0.1) is 0 Å². The summed E-state index contributed by atoms with van der Waals surface area (Å²) in [5.41, 5.74) is 0. The number of sulfonamides is 1. The van der Waals surface area contributed by atoms with Gasteiger partial charge < -0.3 is 4.74 Å². The van der Waals surface area contributed by atoms with E-state index in [0.29, 0.717) is 12.3 Å². The summed E-state index contributed by atoms with van der Waals surface area (Å²) in [7, 11) is -3.17. The molecule has 18 heavy (non-hydrogen) atoms. The van der Waals surface area contributed by atoms with Crippen LogP contribution in [0.15, 0.2) is 0 Å².